The number of nitrogens with one attached hydrogen (secondary N) is 1. The van der Waals surface area contributed by atoms with Crippen LogP contribution in [0.25, 0.3) is 22.3 Å². The maximum absolute atomic E-state index is 10.0. The van der Waals surface area contributed by atoms with Crippen molar-refractivity contribution in [3.05, 3.63) is 48.5 Å². The summed E-state index contributed by atoms with van der Waals surface area (Å²) in [5.74, 6) is 1.38. The van der Waals surface area contributed by atoms with Gasteiger partial charge in [-0.15, -0.1) is 0 Å². The first-order valence-electron chi connectivity index (χ1n) is 7.21. The number of benzene rings is 2. The van der Waals surface area contributed by atoms with Gasteiger partial charge in [-0.25, -0.2) is 9.97 Å². The quantitative estimate of drug-likeness (QED) is 0.689. The molecule has 0 radical (unpaired) electrons. The average Bonchev–Trinajstić information content (AvgIpc) is 2.55. The number of para-hydroxylation sites is 2. The summed E-state index contributed by atoms with van der Waals surface area (Å²) in [5, 5.41) is 14.3. The molecule has 0 saturated heterocycles. The number of aromatic hydroxyl groups is 1. The van der Waals surface area contributed by atoms with Gasteiger partial charge in [0.25, 0.3) is 0 Å². The molecule has 0 spiro atoms. The molecule has 0 amide bonds. The summed E-state index contributed by atoms with van der Waals surface area (Å²) in [5.41, 5.74) is 7.12. The molecule has 5 heteroatoms. The molecule has 1 aromatic heterocycles. The lowest BCUT2D eigenvalue weighted by Gasteiger charge is -2.15. The summed E-state index contributed by atoms with van der Waals surface area (Å²) in [6, 6.07) is 14.9. The van der Waals surface area contributed by atoms with E-state index in [0.717, 1.165) is 16.7 Å². The largest absolute Gasteiger partial charge is 0.507 e. The highest BCUT2D eigenvalue weighted by atomic mass is 16.3. The molecule has 0 unspecified atom stereocenters. The van der Waals surface area contributed by atoms with E-state index in [-0.39, 0.29) is 11.8 Å². The highest BCUT2D eigenvalue weighted by molar-refractivity contribution is 5.91. The van der Waals surface area contributed by atoms with Crippen molar-refractivity contribution in [1.82, 2.24) is 9.97 Å². The minimum Gasteiger partial charge on any atom is -0.507 e. The highest BCUT2D eigenvalue weighted by Gasteiger charge is 2.12. The number of nitrogens with zero attached hydrogens (tertiary/aromatic N) is 2. The third-order valence-electron chi connectivity index (χ3n) is 3.48. The molecule has 0 fully saturated rings. The normalized spacial score (nSPS) is 12.3. The average molecular weight is 294 g/mol. The Kier molecular flexibility index (Phi) is 3.89. The maximum atomic E-state index is 10.0. The van der Waals surface area contributed by atoms with E-state index in [9.17, 15) is 5.11 Å². The first-order chi connectivity index (χ1) is 10.7. The molecule has 0 aliphatic carbocycles. The number of nitrogens with two attached hydrogens (primary N) is 1. The van der Waals surface area contributed by atoms with Crippen LogP contribution in [0.3, 0.4) is 0 Å². The predicted molar refractivity (Wildman–Crippen MR) is 88.8 cm³/mol. The van der Waals surface area contributed by atoms with Gasteiger partial charge in [-0.05, 0) is 31.2 Å². The van der Waals surface area contributed by atoms with Gasteiger partial charge in [-0.1, -0.05) is 24.3 Å². The van der Waals surface area contributed by atoms with Gasteiger partial charge >= 0.3 is 0 Å². The first kappa shape index (κ1) is 14.3. The molecular formula is C17H18N4O. The zero-order chi connectivity index (χ0) is 15.5. The Morgan fingerprint density at radius 1 is 1.09 bits per heavy atom. The summed E-state index contributed by atoms with van der Waals surface area (Å²) in [7, 11) is 0. The van der Waals surface area contributed by atoms with Crippen LogP contribution in [-0.4, -0.2) is 27.7 Å². The van der Waals surface area contributed by atoms with E-state index in [2.05, 4.69) is 15.3 Å². The SMILES string of the molecule is C[C@H](CN)Nc1nc(-c2ccccc2O)nc2ccccc12. The molecule has 0 saturated carbocycles. The Labute approximate surface area is 128 Å². The number of phenols is 1. The lowest BCUT2D eigenvalue weighted by Crippen LogP contribution is -2.25. The number of aromatic nitrogens is 2. The summed E-state index contributed by atoms with van der Waals surface area (Å²) in [6.07, 6.45) is 0. The Morgan fingerprint density at radius 2 is 1.82 bits per heavy atom. The second-order valence-electron chi connectivity index (χ2n) is 5.21. The van der Waals surface area contributed by atoms with Crippen LogP contribution in [-0.2, 0) is 0 Å². The zero-order valence-corrected chi connectivity index (χ0v) is 12.3. The fraction of sp³-hybridized carbons (Fsp3) is 0.176. The molecule has 5 nitrogen and oxygen atoms in total. The molecule has 0 aliphatic heterocycles. The van der Waals surface area contributed by atoms with Crippen molar-refractivity contribution in [1.29, 1.82) is 0 Å². The van der Waals surface area contributed by atoms with Gasteiger partial charge < -0.3 is 16.2 Å². The van der Waals surface area contributed by atoms with Gasteiger partial charge in [0.2, 0.25) is 0 Å². The Hall–Kier alpha value is -2.66. The van der Waals surface area contributed by atoms with Crippen LogP contribution in [0.1, 0.15) is 6.92 Å². The molecule has 0 aliphatic rings. The van der Waals surface area contributed by atoms with E-state index in [1.165, 1.54) is 0 Å². The van der Waals surface area contributed by atoms with Crippen molar-refractivity contribution in [2.45, 2.75) is 13.0 Å². The lowest BCUT2D eigenvalue weighted by atomic mass is 10.1. The fourth-order valence-electron chi connectivity index (χ4n) is 2.26. The third-order valence-corrected chi connectivity index (χ3v) is 3.48. The van der Waals surface area contributed by atoms with E-state index in [4.69, 9.17) is 5.73 Å². The van der Waals surface area contributed by atoms with Gasteiger partial charge in [0, 0.05) is 18.0 Å². The first-order valence-corrected chi connectivity index (χ1v) is 7.21. The number of hydrogen-bond acceptors (Lipinski definition) is 5. The van der Waals surface area contributed by atoms with Gasteiger partial charge in [-0.3, -0.25) is 0 Å². The predicted octanol–water partition coefficient (Wildman–Crippen LogP) is 2.76. The maximum Gasteiger partial charge on any atom is 0.165 e. The molecule has 2 aromatic carbocycles. The third kappa shape index (κ3) is 2.71. The number of phenolic OH excluding ortho intramolecular Hbond substituents is 1. The minimum absolute atomic E-state index is 0.0931. The number of hydrogen-bond donors (Lipinski definition) is 3. The molecule has 3 rings (SSSR count). The minimum atomic E-state index is 0.0931. The van der Waals surface area contributed by atoms with Crippen molar-refractivity contribution >= 4 is 16.7 Å². The van der Waals surface area contributed by atoms with Crippen LogP contribution in [0.15, 0.2) is 48.5 Å². The summed E-state index contributed by atoms with van der Waals surface area (Å²) < 4.78 is 0. The van der Waals surface area contributed by atoms with E-state index in [1.807, 2.05) is 37.3 Å². The molecule has 1 atom stereocenters. The van der Waals surface area contributed by atoms with E-state index >= 15 is 0 Å². The summed E-state index contributed by atoms with van der Waals surface area (Å²) in [6.45, 7) is 2.50. The van der Waals surface area contributed by atoms with Gasteiger partial charge in [0.1, 0.15) is 11.6 Å². The number of fused-ring (bicyclic) bond motifs is 1. The fourth-order valence-corrected chi connectivity index (χ4v) is 2.26. The Morgan fingerprint density at radius 3 is 2.59 bits per heavy atom. The van der Waals surface area contributed by atoms with Gasteiger partial charge in [0.15, 0.2) is 5.82 Å². The van der Waals surface area contributed by atoms with Crippen LogP contribution < -0.4 is 11.1 Å². The second-order valence-corrected chi connectivity index (χ2v) is 5.21. The second kappa shape index (κ2) is 5.99. The molecule has 4 N–H and O–H groups in total. The van der Waals surface area contributed by atoms with Crippen molar-refractivity contribution in [2.24, 2.45) is 5.73 Å². The smallest absolute Gasteiger partial charge is 0.165 e. The van der Waals surface area contributed by atoms with Gasteiger partial charge in [0.05, 0.1) is 11.1 Å². The zero-order valence-electron chi connectivity index (χ0n) is 12.3. The van der Waals surface area contributed by atoms with E-state index in [0.29, 0.717) is 17.9 Å². The van der Waals surface area contributed by atoms with Crippen molar-refractivity contribution in [3.63, 3.8) is 0 Å². The van der Waals surface area contributed by atoms with Crippen LogP contribution in [0.2, 0.25) is 0 Å². The molecule has 3 aromatic rings. The number of rotatable bonds is 4. The monoisotopic (exact) mass is 294 g/mol. The molecule has 22 heavy (non-hydrogen) atoms. The van der Waals surface area contributed by atoms with E-state index < -0.39 is 0 Å². The van der Waals surface area contributed by atoms with Gasteiger partial charge in [-0.2, -0.15) is 0 Å². The van der Waals surface area contributed by atoms with Crippen molar-refractivity contribution < 1.29 is 5.11 Å². The number of anilines is 1. The molecule has 0 bridgehead atoms. The topological polar surface area (TPSA) is 84.1 Å². The van der Waals surface area contributed by atoms with E-state index in [1.54, 1.807) is 18.2 Å². The summed E-state index contributed by atoms with van der Waals surface area (Å²) in [4.78, 5) is 9.14. The van der Waals surface area contributed by atoms with Crippen LogP contribution >= 0.6 is 0 Å². The van der Waals surface area contributed by atoms with Crippen LogP contribution in [0, 0.1) is 0 Å². The Balaban J connectivity index is 2.18. The molecular weight excluding hydrogens is 276 g/mol. The Bertz CT molecular complexity index is 804. The summed E-state index contributed by atoms with van der Waals surface area (Å²) >= 11 is 0. The highest BCUT2D eigenvalue weighted by Crippen LogP contribution is 2.29. The molecule has 1 heterocycles. The van der Waals surface area contributed by atoms with Crippen LogP contribution in [0.5, 0.6) is 5.75 Å². The standard InChI is InChI=1S/C17H18N4O/c1-11(10-18)19-16-12-6-2-4-8-14(12)20-17(21-16)13-7-3-5-9-15(13)22/h2-9,11,22H,10,18H2,1H3,(H,19,20,21)/t11-/m1/s1. The van der Waals surface area contributed by atoms with Crippen LogP contribution in [0.4, 0.5) is 5.82 Å². The molecule has 112 valence electrons. The lowest BCUT2D eigenvalue weighted by molar-refractivity contribution is 0.477. The van der Waals surface area contributed by atoms with Crippen molar-refractivity contribution in [3.8, 4) is 17.1 Å². The van der Waals surface area contributed by atoms with Crippen molar-refractivity contribution in [2.75, 3.05) is 11.9 Å².